The summed E-state index contributed by atoms with van der Waals surface area (Å²) < 4.78 is 9.81. The van der Waals surface area contributed by atoms with Gasteiger partial charge < -0.3 is 8.54 Å². The average molecular weight is 122 g/mol. The van der Waals surface area contributed by atoms with Crippen LogP contribution in [0.1, 0.15) is 0 Å². The van der Waals surface area contributed by atoms with Crippen LogP contribution in [0.5, 0.6) is 0 Å². The fourth-order valence-electron chi connectivity index (χ4n) is 0.0962. The minimum atomic E-state index is -1.10. The third-order valence-corrected chi connectivity index (χ3v) is 3.98. The van der Waals surface area contributed by atoms with Crippen LogP contribution in [0.4, 0.5) is 0 Å². The van der Waals surface area contributed by atoms with Gasteiger partial charge in [0.25, 0.3) is 0 Å². The molecule has 1 atom stereocenters. The van der Waals surface area contributed by atoms with Crippen molar-refractivity contribution in [3.05, 3.63) is 0 Å². The fraction of sp³-hybridized carbons (Fsp3) is 1.00. The molecule has 6 heavy (non-hydrogen) atoms. The van der Waals surface area contributed by atoms with Crippen molar-refractivity contribution in [2.45, 2.75) is 6.55 Å². The van der Waals surface area contributed by atoms with Crippen LogP contribution in [-0.4, -0.2) is 26.9 Å². The summed E-state index contributed by atoms with van der Waals surface area (Å²) in [7, 11) is 1.41. The van der Waals surface area contributed by atoms with Crippen molar-refractivity contribution in [2.75, 3.05) is 7.11 Å². The topological polar surface area (TPSA) is 18.5 Å². The van der Waals surface area contributed by atoms with Crippen LogP contribution in [-0.2, 0) is 8.54 Å². The summed E-state index contributed by atoms with van der Waals surface area (Å²) in [6.45, 7) is 2.01. The highest BCUT2D eigenvalue weighted by molar-refractivity contribution is 6.47. The summed E-state index contributed by atoms with van der Waals surface area (Å²) in [5.41, 5.74) is 0. The molecule has 4 heteroatoms. The molecule has 0 saturated carbocycles. The van der Waals surface area contributed by atoms with Gasteiger partial charge in [-0.25, -0.2) is 0 Å². The molecule has 0 N–H and O–H groups in total. The minimum absolute atomic E-state index is 0.819. The van der Waals surface area contributed by atoms with Crippen LogP contribution in [0, 0.1) is 0 Å². The van der Waals surface area contributed by atoms with E-state index in [1.807, 2.05) is 6.55 Å². The van der Waals surface area contributed by atoms with Crippen molar-refractivity contribution in [1.29, 1.82) is 0 Å². The first-order valence-corrected chi connectivity index (χ1v) is 4.78. The molecule has 0 radical (unpaired) electrons. The summed E-state index contributed by atoms with van der Waals surface area (Å²) in [5, 5.41) is 0. The van der Waals surface area contributed by atoms with Crippen LogP contribution in [0.3, 0.4) is 0 Å². The SMILES string of the molecule is CO[SiH](C)O[SiH3]. The number of rotatable bonds is 2. The monoisotopic (exact) mass is 122 g/mol. The van der Waals surface area contributed by atoms with E-state index < -0.39 is 9.28 Å². The van der Waals surface area contributed by atoms with Crippen molar-refractivity contribution in [3.63, 3.8) is 0 Å². The van der Waals surface area contributed by atoms with E-state index >= 15 is 0 Å². The Hall–Kier alpha value is 0.354. The Morgan fingerprint density at radius 2 is 2.17 bits per heavy atom. The van der Waals surface area contributed by atoms with E-state index in [1.54, 1.807) is 7.11 Å². The normalized spacial score (nSPS) is 15.0. The largest absolute Gasteiger partial charge is 0.447 e. The molecule has 0 rings (SSSR count). The van der Waals surface area contributed by atoms with Crippen molar-refractivity contribution in [3.8, 4) is 0 Å². The van der Waals surface area contributed by atoms with E-state index in [0.717, 1.165) is 10.5 Å². The lowest BCUT2D eigenvalue weighted by atomic mass is 11.8. The van der Waals surface area contributed by atoms with E-state index in [-0.39, 0.29) is 0 Å². The standard InChI is InChI=1S/C2H10O2Si2/c1-3-6(2)4-5/h6H,1-2,5H3. The average Bonchev–Trinajstić information content (AvgIpc) is 1.65. The van der Waals surface area contributed by atoms with Gasteiger partial charge in [-0.2, -0.15) is 0 Å². The predicted molar refractivity (Wildman–Crippen MR) is 31.0 cm³/mol. The first-order chi connectivity index (χ1) is 2.81. The summed E-state index contributed by atoms with van der Waals surface area (Å²) in [6, 6.07) is 0. The quantitative estimate of drug-likeness (QED) is 0.427. The van der Waals surface area contributed by atoms with Gasteiger partial charge >= 0.3 is 9.28 Å². The Balaban J connectivity index is 2.75. The molecule has 2 nitrogen and oxygen atoms in total. The Labute approximate surface area is 42.8 Å². The highest BCUT2D eigenvalue weighted by atomic mass is 28.3. The molecule has 0 saturated heterocycles. The van der Waals surface area contributed by atoms with E-state index in [4.69, 9.17) is 8.54 Å². The van der Waals surface area contributed by atoms with Gasteiger partial charge in [0.15, 0.2) is 0 Å². The van der Waals surface area contributed by atoms with E-state index in [9.17, 15) is 0 Å². The van der Waals surface area contributed by atoms with Gasteiger partial charge in [-0.05, 0) is 6.55 Å². The zero-order valence-corrected chi connectivity index (χ0v) is 7.55. The molecule has 0 fully saturated rings. The second kappa shape index (κ2) is 3.54. The Morgan fingerprint density at radius 3 is 2.17 bits per heavy atom. The molecule has 0 aliphatic carbocycles. The second-order valence-corrected chi connectivity index (χ2v) is 4.53. The highest BCUT2D eigenvalue weighted by Crippen LogP contribution is 1.76. The molecule has 0 aromatic heterocycles. The fourth-order valence-corrected chi connectivity index (χ4v) is 0.866. The van der Waals surface area contributed by atoms with Crippen LogP contribution >= 0.6 is 0 Å². The Bertz CT molecular complexity index is 28.7. The number of hydrogen-bond acceptors (Lipinski definition) is 2. The first-order valence-electron chi connectivity index (χ1n) is 1.87. The summed E-state index contributed by atoms with van der Waals surface area (Å²) in [4.78, 5) is 0. The highest BCUT2D eigenvalue weighted by Gasteiger charge is 1.93. The molecule has 0 aliphatic heterocycles. The van der Waals surface area contributed by atoms with Crippen LogP contribution < -0.4 is 0 Å². The van der Waals surface area contributed by atoms with E-state index in [0.29, 0.717) is 0 Å². The summed E-state index contributed by atoms with van der Waals surface area (Å²) in [6.07, 6.45) is 0. The maximum absolute atomic E-state index is 4.95. The van der Waals surface area contributed by atoms with E-state index in [1.165, 1.54) is 0 Å². The first kappa shape index (κ1) is 6.35. The Morgan fingerprint density at radius 1 is 1.67 bits per heavy atom. The van der Waals surface area contributed by atoms with Gasteiger partial charge in [-0.15, -0.1) is 0 Å². The Kier molecular flexibility index (Phi) is 3.75. The van der Waals surface area contributed by atoms with Gasteiger partial charge in [0.1, 0.15) is 10.5 Å². The lowest BCUT2D eigenvalue weighted by Gasteiger charge is -2.01. The van der Waals surface area contributed by atoms with Gasteiger partial charge in [0.05, 0.1) is 0 Å². The van der Waals surface area contributed by atoms with Crippen molar-refractivity contribution < 1.29 is 8.54 Å². The zero-order valence-electron chi connectivity index (χ0n) is 4.39. The predicted octanol–water partition coefficient (Wildman–Crippen LogP) is -1.22. The maximum atomic E-state index is 4.95. The lowest BCUT2D eigenvalue weighted by molar-refractivity contribution is 0.352. The van der Waals surface area contributed by atoms with Gasteiger partial charge in [0, 0.05) is 7.11 Å². The molecular weight excluding hydrogens is 112 g/mol. The third-order valence-electron chi connectivity index (χ3n) is 0.664. The maximum Gasteiger partial charge on any atom is 0.307 e. The molecule has 0 amide bonds. The molecule has 38 valence electrons. The van der Waals surface area contributed by atoms with Crippen molar-refractivity contribution in [1.82, 2.24) is 0 Å². The molecule has 0 aromatic rings. The third kappa shape index (κ3) is 2.58. The number of hydrogen-bond donors (Lipinski definition) is 0. The van der Waals surface area contributed by atoms with Crippen molar-refractivity contribution in [2.24, 2.45) is 0 Å². The molecular formula is C2H10O2Si2. The minimum Gasteiger partial charge on any atom is -0.447 e. The summed E-state index contributed by atoms with van der Waals surface area (Å²) in [5.74, 6) is 0. The van der Waals surface area contributed by atoms with Gasteiger partial charge in [0.2, 0.25) is 0 Å². The second-order valence-electron chi connectivity index (χ2n) is 1.04. The molecule has 0 aromatic carbocycles. The van der Waals surface area contributed by atoms with Gasteiger partial charge in [-0.1, -0.05) is 0 Å². The van der Waals surface area contributed by atoms with Crippen molar-refractivity contribution >= 4 is 19.8 Å². The lowest BCUT2D eigenvalue weighted by Crippen LogP contribution is -2.13. The smallest absolute Gasteiger partial charge is 0.307 e. The molecule has 0 spiro atoms. The van der Waals surface area contributed by atoms with Crippen LogP contribution in [0.15, 0.2) is 0 Å². The van der Waals surface area contributed by atoms with Crippen LogP contribution in [0.25, 0.3) is 0 Å². The zero-order chi connectivity index (χ0) is 4.99. The van der Waals surface area contributed by atoms with Gasteiger partial charge in [-0.3, -0.25) is 0 Å². The molecule has 0 bridgehead atoms. The van der Waals surface area contributed by atoms with Crippen LogP contribution in [0.2, 0.25) is 6.55 Å². The molecule has 1 unspecified atom stereocenters. The molecule has 0 heterocycles. The van der Waals surface area contributed by atoms with E-state index in [2.05, 4.69) is 0 Å². The summed E-state index contributed by atoms with van der Waals surface area (Å²) >= 11 is 0. The molecule has 0 aliphatic rings.